The van der Waals surface area contributed by atoms with Crippen molar-refractivity contribution in [1.29, 1.82) is 0 Å². The zero-order valence-corrected chi connectivity index (χ0v) is 17.5. The molecule has 7 nitrogen and oxygen atoms in total. The van der Waals surface area contributed by atoms with E-state index in [0.29, 0.717) is 6.54 Å². The van der Waals surface area contributed by atoms with Crippen molar-refractivity contribution >= 4 is 27.5 Å². The van der Waals surface area contributed by atoms with Gasteiger partial charge in [-0.1, -0.05) is 30.9 Å². The molecule has 0 radical (unpaired) electrons. The Kier molecular flexibility index (Phi) is 7.46. The maximum absolute atomic E-state index is 12.6. The van der Waals surface area contributed by atoms with E-state index in [2.05, 4.69) is 15.0 Å². The van der Waals surface area contributed by atoms with Gasteiger partial charge in [0, 0.05) is 25.0 Å². The van der Waals surface area contributed by atoms with Crippen molar-refractivity contribution in [2.24, 2.45) is 0 Å². The molecule has 29 heavy (non-hydrogen) atoms. The molecule has 1 aromatic carbocycles. The standard InChI is InChI=1S/C20H24ClN3O4S/c21-18-12-17(29(26,27)24-16-4-2-1-3-5-16)6-7-19(18)28-14-20(25)23-13-15-8-10-22-11-9-15/h6-12,16,24H,1-5,13-14H2,(H,23,25). The van der Waals surface area contributed by atoms with E-state index in [0.717, 1.165) is 37.7 Å². The predicted molar refractivity (Wildman–Crippen MR) is 110 cm³/mol. The summed E-state index contributed by atoms with van der Waals surface area (Å²) in [4.78, 5) is 15.9. The van der Waals surface area contributed by atoms with Crippen molar-refractivity contribution in [2.45, 2.75) is 49.6 Å². The molecule has 2 N–H and O–H groups in total. The number of rotatable bonds is 8. The number of amides is 1. The van der Waals surface area contributed by atoms with Crippen molar-refractivity contribution in [1.82, 2.24) is 15.0 Å². The van der Waals surface area contributed by atoms with E-state index >= 15 is 0 Å². The molecule has 156 valence electrons. The summed E-state index contributed by atoms with van der Waals surface area (Å²) in [5.74, 6) is -0.0594. The van der Waals surface area contributed by atoms with Gasteiger partial charge in [0.15, 0.2) is 6.61 Å². The van der Waals surface area contributed by atoms with Crippen molar-refractivity contribution in [3.8, 4) is 5.75 Å². The first kappa shape index (κ1) is 21.5. The number of hydrogen-bond acceptors (Lipinski definition) is 5. The van der Waals surface area contributed by atoms with Crippen LogP contribution in [0.4, 0.5) is 0 Å². The molecule has 0 atom stereocenters. The van der Waals surface area contributed by atoms with Crippen LogP contribution in [-0.2, 0) is 21.4 Å². The smallest absolute Gasteiger partial charge is 0.258 e. The number of carbonyl (C=O) groups is 1. The van der Waals surface area contributed by atoms with Gasteiger partial charge in [-0.25, -0.2) is 13.1 Å². The average molecular weight is 438 g/mol. The summed E-state index contributed by atoms with van der Waals surface area (Å²) in [5, 5.41) is 2.87. The molecule has 0 unspecified atom stereocenters. The fourth-order valence-corrected chi connectivity index (χ4v) is 4.80. The Morgan fingerprint density at radius 3 is 2.55 bits per heavy atom. The van der Waals surface area contributed by atoms with Gasteiger partial charge >= 0.3 is 0 Å². The Bertz CT molecular complexity index is 932. The number of nitrogens with zero attached hydrogens (tertiary/aromatic N) is 1. The lowest BCUT2D eigenvalue weighted by molar-refractivity contribution is -0.123. The Labute approximate surface area is 175 Å². The molecular formula is C20H24ClN3O4S. The monoisotopic (exact) mass is 437 g/mol. The number of aromatic nitrogens is 1. The Balaban J connectivity index is 1.54. The lowest BCUT2D eigenvalue weighted by Crippen LogP contribution is -2.36. The molecule has 1 aliphatic carbocycles. The molecule has 0 saturated heterocycles. The highest BCUT2D eigenvalue weighted by atomic mass is 35.5. The van der Waals surface area contributed by atoms with Crippen LogP contribution in [0.2, 0.25) is 5.02 Å². The van der Waals surface area contributed by atoms with E-state index < -0.39 is 10.0 Å². The highest BCUT2D eigenvalue weighted by molar-refractivity contribution is 7.89. The first-order valence-electron chi connectivity index (χ1n) is 9.54. The van der Waals surface area contributed by atoms with Crippen molar-refractivity contribution < 1.29 is 17.9 Å². The molecule has 9 heteroatoms. The lowest BCUT2D eigenvalue weighted by atomic mass is 9.96. The minimum atomic E-state index is -3.64. The Hall–Kier alpha value is -2.16. The normalized spacial score (nSPS) is 15.1. The fraction of sp³-hybridized carbons (Fsp3) is 0.400. The van der Waals surface area contributed by atoms with E-state index in [4.69, 9.17) is 16.3 Å². The number of nitrogens with one attached hydrogen (secondary N) is 2. The first-order valence-corrected chi connectivity index (χ1v) is 11.4. The molecule has 1 fully saturated rings. The van der Waals surface area contributed by atoms with Crippen molar-refractivity contribution in [3.63, 3.8) is 0 Å². The highest BCUT2D eigenvalue weighted by Gasteiger charge is 2.22. The summed E-state index contributed by atoms with van der Waals surface area (Å²) >= 11 is 6.18. The SMILES string of the molecule is O=C(COc1ccc(S(=O)(=O)NC2CCCCC2)cc1Cl)NCc1ccncc1. The highest BCUT2D eigenvalue weighted by Crippen LogP contribution is 2.28. The molecule has 0 bridgehead atoms. The van der Waals surface area contributed by atoms with Gasteiger partial charge in [0.25, 0.3) is 5.91 Å². The zero-order valence-electron chi connectivity index (χ0n) is 15.9. The van der Waals surface area contributed by atoms with E-state index in [1.165, 1.54) is 18.2 Å². The summed E-state index contributed by atoms with van der Waals surface area (Å²) in [7, 11) is -3.64. The van der Waals surface area contributed by atoms with Gasteiger partial charge in [0.1, 0.15) is 5.75 Å². The molecule has 1 aromatic heterocycles. The first-order chi connectivity index (χ1) is 13.9. The second-order valence-corrected chi connectivity index (χ2v) is 9.09. The van der Waals surface area contributed by atoms with Crippen LogP contribution in [0.5, 0.6) is 5.75 Å². The van der Waals surface area contributed by atoms with Gasteiger partial charge in [0.05, 0.1) is 9.92 Å². The molecule has 3 rings (SSSR count). The van der Waals surface area contributed by atoms with Crippen molar-refractivity contribution in [2.75, 3.05) is 6.61 Å². The fourth-order valence-electron chi connectivity index (χ4n) is 3.17. The number of ether oxygens (including phenoxy) is 1. The molecular weight excluding hydrogens is 414 g/mol. The summed E-state index contributed by atoms with van der Waals surface area (Å²) in [6, 6.07) is 7.82. The lowest BCUT2D eigenvalue weighted by Gasteiger charge is -2.22. The minimum absolute atomic E-state index is 0.0347. The van der Waals surface area contributed by atoms with Gasteiger partial charge in [0.2, 0.25) is 10.0 Å². The second-order valence-electron chi connectivity index (χ2n) is 6.97. The summed E-state index contributed by atoms with van der Waals surface area (Å²) in [5.41, 5.74) is 0.923. The van der Waals surface area contributed by atoms with Crippen LogP contribution in [0.3, 0.4) is 0 Å². The van der Waals surface area contributed by atoms with E-state index in [1.807, 2.05) is 0 Å². The van der Waals surface area contributed by atoms with Crippen LogP contribution in [-0.4, -0.2) is 32.0 Å². The largest absolute Gasteiger partial charge is 0.482 e. The maximum Gasteiger partial charge on any atom is 0.258 e. The number of pyridine rings is 1. The van der Waals surface area contributed by atoms with Crippen LogP contribution in [0, 0.1) is 0 Å². The number of hydrogen-bond donors (Lipinski definition) is 2. The van der Waals surface area contributed by atoms with Gasteiger partial charge in [-0.15, -0.1) is 0 Å². The minimum Gasteiger partial charge on any atom is -0.482 e. The van der Waals surface area contributed by atoms with Crippen LogP contribution >= 0.6 is 11.6 Å². The number of carbonyl (C=O) groups excluding carboxylic acids is 1. The van der Waals surface area contributed by atoms with E-state index in [9.17, 15) is 13.2 Å². The zero-order chi connectivity index (χ0) is 20.7. The molecule has 1 amide bonds. The average Bonchev–Trinajstić information content (AvgIpc) is 2.72. The molecule has 0 spiro atoms. The summed E-state index contributed by atoms with van der Waals surface area (Å²) in [6.07, 6.45) is 8.21. The topological polar surface area (TPSA) is 97.4 Å². The number of sulfonamides is 1. The van der Waals surface area contributed by atoms with Gasteiger partial charge in [-0.05, 0) is 48.7 Å². The Morgan fingerprint density at radius 2 is 1.86 bits per heavy atom. The summed E-state index contributed by atoms with van der Waals surface area (Å²) in [6.45, 7) is 0.139. The van der Waals surface area contributed by atoms with Gasteiger partial charge in [-0.3, -0.25) is 9.78 Å². The van der Waals surface area contributed by atoms with E-state index in [-0.39, 0.29) is 34.2 Å². The van der Waals surface area contributed by atoms with Crippen molar-refractivity contribution in [3.05, 3.63) is 53.3 Å². The molecule has 1 saturated carbocycles. The van der Waals surface area contributed by atoms with Crippen LogP contribution in [0.15, 0.2) is 47.6 Å². The predicted octanol–water partition coefficient (Wildman–Crippen LogP) is 3.04. The molecule has 1 aliphatic rings. The molecule has 1 heterocycles. The van der Waals surface area contributed by atoms with Crippen LogP contribution < -0.4 is 14.8 Å². The second kappa shape index (κ2) is 10.0. The molecule has 2 aromatic rings. The van der Waals surface area contributed by atoms with Crippen LogP contribution in [0.25, 0.3) is 0 Å². The Morgan fingerprint density at radius 1 is 1.14 bits per heavy atom. The maximum atomic E-state index is 12.6. The van der Waals surface area contributed by atoms with Crippen LogP contribution in [0.1, 0.15) is 37.7 Å². The third-order valence-corrected chi connectivity index (χ3v) is 6.55. The van der Waals surface area contributed by atoms with Gasteiger partial charge < -0.3 is 10.1 Å². The third-order valence-electron chi connectivity index (χ3n) is 4.74. The van der Waals surface area contributed by atoms with Gasteiger partial charge in [-0.2, -0.15) is 0 Å². The summed E-state index contributed by atoms with van der Waals surface area (Å²) < 4.78 is 33.3. The molecule has 0 aliphatic heterocycles. The van der Waals surface area contributed by atoms with E-state index in [1.54, 1.807) is 24.5 Å². The third kappa shape index (κ3) is 6.42. The number of benzene rings is 1. The quantitative estimate of drug-likeness (QED) is 0.661. The number of halogens is 1.